The number of carbonyl (C=O) groups is 1. The Labute approximate surface area is 197 Å². The molecule has 1 aromatic heterocycles. The lowest BCUT2D eigenvalue weighted by atomic mass is 10.1. The van der Waals surface area contributed by atoms with Crippen LogP contribution >= 0.6 is 11.8 Å². The van der Waals surface area contributed by atoms with Crippen LogP contribution in [0.15, 0.2) is 78.0 Å². The minimum Gasteiger partial charge on any atom is -0.497 e. The van der Waals surface area contributed by atoms with Crippen molar-refractivity contribution in [3.8, 4) is 17.2 Å². The quantitative estimate of drug-likeness (QED) is 0.245. The first-order valence-corrected chi connectivity index (χ1v) is 11.5. The molecule has 0 saturated carbocycles. The molecule has 1 heterocycles. The second kappa shape index (κ2) is 10.4. The summed E-state index contributed by atoms with van der Waals surface area (Å²) in [7, 11) is 1.60. The molecule has 0 saturated heterocycles. The molecule has 0 fully saturated rings. The minimum absolute atomic E-state index is 0.0126. The normalized spacial score (nSPS) is 10.8. The van der Waals surface area contributed by atoms with E-state index < -0.39 is 0 Å². The first-order chi connectivity index (χ1) is 16.1. The van der Waals surface area contributed by atoms with E-state index in [9.17, 15) is 4.79 Å². The fraction of sp³-hybridized carbons (Fsp3) is 0.192. The predicted octanol–water partition coefficient (Wildman–Crippen LogP) is 5.45. The van der Waals surface area contributed by atoms with Gasteiger partial charge < -0.3 is 9.47 Å². The van der Waals surface area contributed by atoms with E-state index in [0.29, 0.717) is 16.5 Å². The van der Waals surface area contributed by atoms with Crippen LogP contribution in [-0.4, -0.2) is 33.4 Å². The third-order valence-electron chi connectivity index (χ3n) is 5.21. The number of carbonyl (C=O) groups excluding carboxylic acids is 1. The number of hydrogen-bond donors (Lipinski definition) is 0. The maximum absolute atomic E-state index is 12.7. The number of thioether (sulfide) groups is 1. The maximum Gasteiger partial charge on any atom is 0.196 e. The highest BCUT2D eigenvalue weighted by Crippen LogP contribution is 2.26. The number of aryl methyl sites for hydroxylation is 2. The van der Waals surface area contributed by atoms with E-state index in [1.54, 1.807) is 31.4 Å². The van der Waals surface area contributed by atoms with Crippen molar-refractivity contribution in [1.82, 2.24) is 14.8 Å². The molecule has 0 N–H and O–H groups in total. The van der Waals surface area contributed by atoms with E-state index in [0.717, 1.165) is 28.3 Å². The van der Waals surface area contributed by atoms with Crippen LogP contribution in [0.25, 0.3) is 5.69 Å². The Balaban J connectivity index is 1.55. The molecule has 168 valence electrons. The zero-order valence-electron chi connectivity index (χ0n) is 18.8. The van der Waals surface area contributed by atoms with Gasteiger partial charge in [-0.2, -0.15) is 0 Å². The third-order valence-corrected chi connectivity index (χ3v) is 6.14. The number of methoxy groups -OCH3 is 1. The van der Waals surface area contributed by atoms with Crippen LogP contribution in [0.5, 0.6) is 11.5 Å². The molecule has 0 amide bonds. The number of hydrogen-bond acceptors (Lipinski definition) is 6. The Kier molecular flexibility index (Phi) is 7.10. The molecule has 6 nitrogen and oxygen atoms in total. The summed E-state index contributed by atoms with van der Waals surface area (Å²) in [5.74, 6) is 2.50. The molecular weight excluding hydrogens is 434 g/mol. The van der Waals surface area contributed by atoms with E-state index in [1.165, 1.54) is 11.8 Å². The van der Waals surface area contributed by atoms with E-state index >= 15 is 0 Å². The van der Waals surface area contributed by atoms with Gasteiger partial charge in [0.1, 0.15) is 18.1 Å². The Morgan fingerprint density at radius 1 is 0.909 bits per heavy atom. The van der Waals surface area contributed by atoms with E-state index in [4.69, 9.17) is 9.47 Å². The van der Waals surface area contributed by atoms with E-state index in [1.807, 2.05) is 66.9 Å². The van der Waals surface area contributed by atoms with Crippen molar-refractivity contribution in [2.24, 2.45) is 0 Å². The minimum atomic E-state index is 0.0126. The first kappa shape index (κ1) is 22.6. The molecule has 4 aromatic rings. The molecule has 0 atom stereocenters. The van der Waals surface area contributed by atoms with Gasteiger partial charge in [-0.25, -0.2) is 0 Å². The van der Waals surface area contributed by atoms with Crippen LogP contribution in [0, 0.1) is 13.8 Å². The average Bonchev–Trinajstić information content (AvgIpc) is 3.25. The van der Waals surface area contributed by atoms with Gasteiger partial charge in [0, 0.05) is 11.3 Å². The summed E-state index contributed by atoms with van der Waals surface area (Å²) in [5.41, 5.74) is 3.69. The van der Waals surface area contributed by atoms with Gasteiger partial charge in [-0.05, 0) is 61.4 Å². The molecule has 0 aliphatic heterocycles. The highest BCUT2D eigenvalue weighted by atomic mass is 32.2. The van der Waals surface area contributed by atoms with E-state index in [-0.39, 0.29) is 18.1 Å². The zero-order chi connectivity index (χ0) is 23.2. The molecule has 3 aromatic carbocycles. The maximum atomic E-state index is 12.7. The number of Topliss-reactive ketones (excluding diaryl/α,β-unsaturated/α-hetero) is 1. The molecule has 4 rings (SSSR count). The SMILES string of the molecule is COc1ccc(C(=O)CSc2nnc(COc3c(C)cccc3C)n2-c2ccccc2)cc1. The lowest BCUT2D eigenvalue weighted by Crippen LogP contribution is -2.08. The van der Waals surface area contributed by atoms with Crippen molar-refractivity contribution < 1.29 is 14.3 Å². The standard InChI is InChI=1S/C26H25N3O3S/c1-18-8-7-9-19(2)25(18)32-16-24-27-28-26(29(24)21-10-5-4-6-11-21)33-17-23(30)20-12-14-22(31-3)15-13-20/h4-15H,16-17H2,1-3H3. The molecule has 0 aliphatic carbocycles. The van der Waals surface area contributed by atoms with Gasteiger partial charge in [0.2, 0.25) is 0 Å². The highest BCUT2D eigenvalue weighted by Gasteiger charge is 2.17. The largest absolute Gasteiger partial charge is 0.497 e. The number of aromatic nitrogens is 3. The summed E-state index contributed by atoms with van der Waals surface area (Å²) < 4.78 is 13.2. The third kappa shape index (κ3) is 5.26. The lowest BCUT2D eigenvalue weighted by Gasteiger charge is -2.13. The Morgan fingerprint density at radius 3 is 2.27 bits per heavy atom. The van der Waals surface area contributed by atoms with Gasteiger partial charge in [0.15, 0.2) is 16.8 Å². The predicted molar refractivity (Wildman–Crippen MR) is 130 cm³/mol. The van der Waals surface area contributed by atoms with Gasteiger partial charge in [0.05, 0.1) is 12.9 Å². The summed E-state index contributed by atoms with van der Waals surface area (Å²) in [6.45, 7) is 4.31. The fourth-order valence-electron chi connectivity index (χ4n) is 3.48. The van der Waals surface area contributed by atoms with Gasteiger partial charge in [-0.3, -0.25) is 9.36 Å². The van der Waals surface area contributed by atoms with Crippen molar-refractivity contribution >= 4 is 17.5 Å². The number of ketones is 1. The van der Waals surface area contributed by atoms with Crippen molar-refractivity contribution in [2.75, 3.05) is 12.9 Å². The second-order valence-electron chi connectivity index (χ2n) is 7.52. The van der Waals surface area contributed by atoms with E-state index in [2.05, 4.69) is 10.2 Å². The van der Waals surface area contributed by atoms with Crippen molar-refractivity contribution in [3.05, 3.63) is 95.3 Å². The smallest absolute Gasteiger partial charge is 0.196 e. The Hall–Kier alpha value is -3.58. The summed E-state index contributed by atoms with van der Waals surface area (Å²) in [6, 6.07) is 23.0. The van der Waals surface area contributed by atoms with Crippen LogP contribution in [-0.2, 0) is 6.61 Å². The van der Waals surface area contributed by atoms with Crippen molar-refractivity contribution in [2.45, 2.75) is 25.6 Å². The monoisotopic (exact) mass is 459 g/mol. The van der Waals surface area contributed by atoms with Crippen molar-refractivity contribution in [3.63, 3.8) is 0 Å². The van der Waals surface area contributed by atoms with Gasteiger partial charge in [0.25, 0.3) is 0 Å². The number of rotatable bonds is 9. The summed E-state index contributed by atoms with van der Waals surface area (Å²) in [6.07, 6.45) is 0. The van der Waals surface area contributed by atoms with Crippen LogP contribution in [0.3, 0.4) is 0 Å². The molecule has 0 spiro atoms. The fourth-order valence-corrected chi connectivity index (χ4v) is 4.34. The molecule has 0 bridgehead atoms. The topological polar surface area (TPSA) is 66.2 Å². The van der Waals surface area contributed by atoms with Crippen molar-refractivity contribution in [1.29, 1.82) is 0 Å². The number of benzene rings is 3. The lowest BCUT2D eigenvalue weighted by molar-refractivity contribution is 0.102. The number of para-hydroxylation sites is 2. The highest BCUT2D eigenvalue weighted by molar-refractivity contribution is 7.99. The van der Waals surface area contributed by atoms with Crippen LogP contribution in [0.4, 0.5) is 0 Å². The second-order valence-corrected chi connectivity index (χ2v) is 8.46. The summed E-state index contributed by atoms with van der Waals surface area (Å²) >= 11 is 1.36. The van der Waals surface area contributed by atoms with Crippen LogP contribution in [0.1, 0.15) is 27.3 Å². The molecular formula is C26H25N3O3S. The molecule has 7 heteroatoms. The zero-order valence-corrected chi connectivity index (χ0v) is 19.6. The van der Waals surface area contributed by atoms with Gasteiger partial charge in [-0.1, -0.05) is 48.2 Å². The first-order valence-electron chi connectivity index (χ1n) is 10.6. The van der Waals surface area contributed by atoms with Crippen LogP contribution < -0.4 is 9.47 Å². The summed E-state index contributed by atoms with van der Waals surface area (Å²) in [5, 5.41) is 9.39. The molecule has 0 unspecified atom stereocenters. The molecule has 0 radical (unpaired) electrons. The molecule has 33 heavy (non-hydrogen) atoms. The Bertz CT molecular complexity index is 1220. The van der Waals surface area contributed by atoms with Gasteiger partial charge >= 0.3 is 0 Å². The number of nitrogens with zero attached hydrogens (tertiary/aromatic N) is 3. The average molecular weight is 460 g/mol. The van der Waals surface area contributed by atoms with Crippen LogP contribution in [0.2, 0.25) is 0 Å². The Morgan fingerprint density at radius 2 is 1.61 bits per heavy atom. The molecule has 0 aliphatic rings. The van der Waals surface area contributed by atoms with Gasteiger partial charge in [-0.15, -0.1) is 10.2 Å². The summed E-state index contributed by atoms with van der Waals surface area (Å²) in [4.78, 5) is 12.7. The number of ether oxygens (including phenoxy) is 2.